The number of nitrogens with one attached hydrogen (secondary N) is 1. The highest BCUT2D eigenvalue weighted by Crippen LogP contribution is 2.21. The number of halogens is 1. The van der Waals surface area contributed by atoms with Crippen LogP contribution in [-0.4, -0.2) is 31.1 Å². The van der Waals surface area contributed by atoms with Crippen molar-refractivity contribution in [1.82, 2.24) is 9.97 Å². The number of rotatable bonds is 3. The van der Waals surface area contributed by atoms with Crippen LogP contribution >= 0.6 is 22.6 Å². The van der Waals surface area contributed by atoms with Gasteiger partial charge in [0.1, 0.15) is 5.82 Å². The summed E-state index contributed by atoms with van der Waals surface area (Å²) in [6, 6.07) is 0. The monoisotopic (exact) mass is 306 g/mol. The Labute approximate surface area is 98.3 Å². The molecule has 1 heterocycles. The van der Waals surface area contributed by atoms with Gasteiger partial charge in [0.25, 0.3) is 0 Å². The average Bonchev–Trinajstić information content (AvgIpc) is 2.17. The number of aromatic nitrogens is 2. The van der Waals surface area contributed by atoms with Crippen molar-refractivity contribution < 1.29 is 0 Å². The van der Waals surface area contributed by atoms with Gasteiger partial charge in [-0.05, 0) is 29.0 Å². The van der Waals surface area contributed by atoms with E-state index in [4.69, 9.17) is 0 Å². The second-order valence-electron chi connectivity index (χ2n) is 3.13. The van der Waals surface area contributed by atoms with Gasteiger partial charge in [0.15, 0.2) is 0 Å². The van der Waals surface area contributed by atoms with E-state index in [1.165, 1.54) is 0 Å². The van der Waals surface area contributed by atoms with E-state index in [0.29, 0.717) is 0 Å². The highest BCUT2D eigenvalue weighted by atomic mass is 127. The lowest BCUT2D eigenvalue weighted by Gasteiger charge is -2.14. The number of hydrogen-bond acceptors (Lipinski definition) is 4. The predicted molar refractivity (Wildman–Crippen MR) is 68.0 cm³/mol. The van der Waals surface area contributed by atoms with Gasteiger partial charge in [0.2, 0.25) is 5.95 Å². The molecule has 0 bridgehead atoms. The van der Waals surface area contributed by atoms with Crippen LogP contribution in [0.25, 0.3) is 0 Å². The maximum atomic E-state index is 4.47. The van der Waals surface area contributed by atoms with Crippen molar-refractivity contribution in [2.45, 2.75) is 13.3 Å². The molecule has 0 atom stereocenters. The zero-order chi connectivity index (χ0) is 10.7. The smallest absolute Gasteiger partial charge is 0.227 e. The fourth-order valence-electron chi connectivity index (χ4n) is 1.08. The molecule has 0 aliphatic heterocycles. The average molecular weight is 306 g/mol. The summed E-state index contributed by atoms with van der Waals surface area (Å²) >= 11 is 2.28. The summed E-state index contributed by atoms with van der Waals surface area (Å²) in [4.78, 5) is 10.8. The minimum absolute atomic E-state index is 0.756. The van der Waals surface area contributed by atoms with E-state index in [-0.39, 0.29) is 0 Å². The molecule has 1 rings (SSSR count). The van der Waals surface area contributed by atoms with Crippen molar-refractivity contribution in [2.24, 2.45) is 0 Å². The van der Waals surface area contributed by atoms with E-state index in [0.717, 1.165) is 27.5 Å². The number of nitrogens with zero attached hydrogens (tertiary/aromatic N) is 3. The molecule has 0 spiro atoms. The Morgan fingerprint density at radius 2 is 2.00 bits per heavy atom. The quantitative estimate of drug-likeness (QED) is 0.864. The van der Waals surface area contributed by atoms with Gasteiger partial charge in [-0.2, -0.15) is 4.98 Å². The van der Waals surface area contributed by atoms with E-state index in [1.54, 1.807) is 0 Å². The molecule has 0 saturated carbocycles. The molecule has 0 aliphatic rings. The minimum Gasteiger partial charge on any atom is -0.372 e. The molecule has 0 aliphatic carbocycles. The number of anilines is 2. The summed E-state index contributed by atoms with van der Waals surface area (Å²) in [5.41, 5.74) is 1.09. The van der Waals surface area contributed by atoms with E-state index in [1.807, 2.05) is 26.0 Å². The first-order chi connectivity index (χ1) is 6.60. The van der Waals surface area contributed by atoms with E-state index in [9.17, 15) is 0 Å². The Morgan fingerprint density at radius 3 is 2.43 bits per heavy atom. The Morgan fingerprint density at radius 1 is 1.36 bits per heavy atom. The molecule has 0 fully saturated rings. The molecule has 0 unspecified atom stereocenters. The predicted octanol–water partition coefficient (Wildman–Crippen LogP) is 1.75. The number of aryl methyl sites for hydroxylation is 1. The van der Waals surface area contributed by atoms with Crippen molar-refractivity contribution in [3.05, 3.63) is 9.26 Å². The second-order valence-corrected chi connectivity index (χ2v) is 4.21. The molecular weight excluding hydrogens is 291 g/mol. The Hall–Kier alpha value is -0.590. The molecule has 4 nitrogen and oxygen atoms in total. The van der Waals surface area contributed by atoms with Crippen LogP contribution in [0.3, 0.4) is 0 Å². The first-order valence-corrected chi connectivity index (χ1v) is 5.59. The lowest BCUT2D eigenvalue weighted by Crippen LogP contribution is -2.15. The van der Waals surface area contributed by atoms with E-state index in [2.05, 4.69) is 44.8 Å². The van der Waals surface area contributed by atoms with Crippen LogP contribution in [0, 0.1) is 3.57 Å². The van der Waals surface area contributed by atoms with Crippen molar-refractivity contribution >= 4 is 34.4 Å². The highest BCUT2D eigenvalue weighted by molar-refractivity contribution is 14.1. The summed E-state index contributed by atoms with van der Waals surface area (Å²) in [6.45, 7) is 2.10. The summed E-state index contributed by atoms with van der Waals surface area (Å²) in [5.74, 6) is 1.66. The first kappa shape index (κ1) is 11.5. The van der Waals surface area contributed by atoms with Gasteiger partial charge in [-0.15, -0.1) is 0 Å². The summed E-state index contributed by atoms with van der Waals surface area (Å²) in [7, 11) is 5.77. The molecule has 14 heavy (non-hydrogen) atoms. The lowest BCUT2D eigenvalue weighted by molar-refractivity contribution is 0.931. The standard InChI is InChI=1S/C9H15IN4/c1-5-6-7(10)8(11-2)13-9(12-6)14(3)4/h5H2,1-4H3,(H,11,12,13). The van der Waals surface area contributed by atoms with Gasteiger partial charge in [0.05, 0.1) is 9.26 Å². The Kier molecular flexibility index (Phi) is 3.91. The van der Waals surface area contributed by atoms with Crippen molar-refractivity contribution in [3.63, 3.8) is 0 Å². The normalized spacial score (nSPS) is 10.1. The Bertz CT molecular complexity index is 300. The van der Waals surface area contributed by atoms with Crippen LogP contribution < -0.4 is 10.2 Å². The van der Waals surface area contributed by atoms with Crippen LogP contribution in [0.1, 0.15) is 12.6 Å². The van der Waals surface area contributed by atoms with E-state index >= 15 is 0 Å². The molecular formula is C9H15IN4. The third-order valence-corrected chi connectivity index (χ3v) is 3.01. The zero-order valence-electron chi connectivity index (χ0n) is 8.93. The third-order valence-electron chi connectivity index (χ3n) is 1.88. The second kappa shape index (κ2) is 4.77. The van der Waals surface area contributed by atoms with Gasteiger partial charge in [0, 0.05) is 21.1 Å². The van der Waals surface area contributed by atoms with Crippen LogP contribution in [0.2, 0.25) is 0 Å². The SMILES string of the molecule is CCc1nc(N(C)C)nc(NC)c1I. The molecule has 1 aromatic heterocycles. The molecule has 78 valence electrons. The topological polar surface area (TPSA) is 41.1 Å². The van der Waals surface area contributed by atoms with Crippen LogP contribution in [0.5, 0.6) is 0 Å². The van der Waals surface area contributed by atoms with Gasteiger partial charge < -0.3 is 10.2 Å². The van der Waals surface area contributed by atoms with Crippen molar-refractivity contribution in [1.29, 1.82) is 0 Å². The fraction of sp³-hybridized carbons (Fsp3) is 0.556. The van der Waals surface area contributed by atoms with Crippen LogP contribution in [0.15, 0.2) is 0 Å². The van der Waals surface area contributed by atoms with E-state index < -0.39 is 0 Å². The lowest BCUT2D eigenvalue weighted by atomic mass is 10.3. The summed E-state index contributed by atoms with van der Waals surface area (Å²) in [6.07, 6.45) is 0.927. The zero-order valence-corrected chi connectivity index (χ0v) is 11.1. The summed E-state index contributed by atoms with van der Waals surface area (Å²) < 4.78 is 1.11. The molecule has 0 aromatic carbocycles. The largest absolute Gasteiger partial charge is 0.372 e. The maximum Gasteiger partial charge on any atom is 0.227 e. The summed E-state index contributed by atoms with van der Waals surface area (Å²) in [5, 5.41) is 3.08. The molecule has 1 N–H and O–H groups in total. The van der Waals surface area contributed by atoms with Gasteiger partial charge in [-0.25, -0.2) is 4.98 Å². The van der Waals surface area contributed by atoms with Crippen LogP contribution in [-0.2, 0) is 6.42 Å². The van der Waals surface area contributed by atoms with Gasteiger partial charge in [-0.1, -0.05) is 6.92 Å². The van der Waals surface area contributed by atoms with Crippen molar-refractivity contribution in [2.75, 3.05) is 31.4 Å². The molecule has 0 saturated heterocycles. The molecule has 0 radical (unpaired) electrons. The van der Waals surface area contributed by atoms with Crippen LogP contribution in [0.4, 0.5) is 11.8 Å². The fourth-order valence-corrected chi connectivity index (χ4v) is 1.97. The first-order valence-electron chi connectivity index (χ1n) is 4.51. The highest BCUT2D eigenvalue weighted by Gasteiger charge is 2.10. The molecule has 5 heteroatoms. The minimum atomic E-state index is 0.756. The maximum absolute atomic E-state index is 4.47. The van der Waals surface area contributed by atoms with Gasteiger partial charge >= 0.3 is 0 Å². The van der Waals surface area contributed by atoms with Gasteiger partial charge in [-0.3, -0.25) is 0 Å². The molecule has 0 amide bonds. The number of hydrogen-bond donors (Lipinski definition) is 1. The van der Waals surface area contributed by atoms with Crippen molar-refractivity contribution in [3.8, 4) is 0 Å². The Balaban J connectivity index is 3.25. The third kappa shape index (κ3) is 2.26. The molecule has 1 aromatic rings.